The van der Waals surface area contributed by atoms with Crippen molar-refractivity contribution in [2.75, 3.05) is 7.11 Å². The second-order valence-corrected chi connectivity index (χ2v) is 13.2. The van der Waals surface area contributed by atoms with Crippen LogP contribution in [0.1, 0.15) is 106 Å². The second-order valence-electron chi connectivity index (χ2n) is 13.2. The lowest BCUT2D eigenvalue weighted by Crippen LogP contribution is -2.09. The lowest BCUT2D eigenvalue weighted by atomic mass is 10.0. The number of esters is 1. The summed E-state index contributed by atoms with van der Waals surface area (Å²) in [5.74, 6) is -0.119. The number of hydrogen-bond donors (Lipinski definition) is 1. The van der Waals surface area contributed by atoms with Gasteiger partial charge < -0.3 is 19.0 Å². The van der Waals surface area contributed by atoms with Crippen LogP contribution in [0.25, 0.3) is 21.8 Å². The van der Waals surface area contributed by atoms with Gasteiger partial charge in [-0.15, -0.1) is 0 Å². The van der Waals surface area contributed by atoms with Crippen molar-refractivity contribution in [1.82, 2.24) is 19.1 Å². The van der Waals surface area contributed by atoms with Gasteiger partial charge in [-0.3, -0.25) is 9.97 Å². The van der Waals surface area contributed by atoms with Gasteiger partial charge in [-0.25, -0.2) is 9.59 Å². The summed E-state index contributed by atoms with van der Waals surface area (Å²) in [6.45, 7) is 6.16. The molecule has 250 valence electrons. The highest BCUT2D eigenvalue weighted by molar-refractivity contribution is 5.91. The van der Waals surface area contributed by atoms with Crippen LogP contribution in [-0.4, -0.2) is 43.3 Å². The van der Waals surface area contributed by atoms with E-state index in [4.69, 9.17) is 4.74 Å². The Balaban J connectivity index is 0.000000154. The summed E-state index contributed by atoms with van der Waals surface area (Å²) in [5.41, 5.74) is 9.25. The Labute approximate surface area is 286 Å². The maximum atomic E-state index is 12.2. The average molecular weight is 655 g/mol. The highest BCUT2D eigenvalue weighted by Crippen LogP contribution is 2.41. The molecule has 2 aliphatic rings. The molecule has 0 radical (unpaired) electrons. The molecule has 2 aliphatic carbocycles. The fourth-order valence-electron chi connectivity index (χ4n) is 6.71. The molecule has 4 heterocycles. The van der Waals surface area contributed by atoms with E-state index in [-0.39, 0.29) is 5.97 Å². The monoisotopic (exact) mass is 654 g/mol. The van der Waals surface area contributed by atoms with Crippen LogP contribution in [0.2, 0.25) is 0 Å². The van der Waals surface area contributed by atoms with Crippen LogP contribution in [0.15, 0.2) is 85.5 Å². The van der Waals surface area contributed by atoms with Crippen molar-refractivity contribution in [3.8, 4) is 0 Å². The fourth-order valence-corrected chi connectivity index (χ4v) is 6.71. The number of hydrogen-bond acceptors (Lipinski definition) is 5. The zero-order chi connectivity index (χ0) is 34.1. The molecule has 2 fully saturated rings. The number of carboxylic acid groups (broad SMARTS) is 1. The number of nitrogens with zero attached hydrogens (tertiary/aromatic N) is 4. The molecule has 0 atom stereocenters. The van der Waals surface area contributed by atoms with E-state index >= 15 is 0 Å². The molecule has 4 aromatic heterocycles. The summed E-state index contributed by atoms with van der Waals surface area (Å²) in [6.07, 6.45) is 13.8. The number of pyridine rings is 2. The molecule has 0 unspecified atom stereocenters. The summed E-state index contributed by atoms with van der Waals surface area (Å²) in [4.78, 5) is 32.9. The summed E-state index contributed by atoms with van der Waals surface area (Å²) in [6, 6.07) is 20.8. The molecule has 0 bridgehead atoms. The van der Waals surface area contributed by atoms with Gasteiger partial charge in [-0.05, 0) is 133 Å². The minimum Gasteiger partial charge on any atom is -0.478 e. The van der Waals surface area contributed by atoms with E-state index in [0.717, 1.165) is 53.9 Å². The fraction of sp³-hybridized carbons (Fsp3) is 0.317. The largest absolute Gasteiger partial charge is 0.478 e. The van der Waals surface area contributed by atoms with Crippen molar-refractivity contribution in [3.05, 3.63) is 130 Å². The first-order valence-corrected chi connectivity index (χ1v) is 17.3. The van der Waals surface area contributed by atoms with Gasteiger partial charge >= 0.3 is 11.9 Å². The van der Waals surface area contributed by atoms with Gasteiger partial charge in [0, 0.05) is 61.8 Å². The Morgan fingerprint density at radius 2 is 1.18 bits per heavy atom. The Bertz CT molecular complexity index is 2170. The van der Waals surface area contributed by atoms with Crippen molar-refractivity contribution >= 4 is 33.7 Å². The van der Waals surface area contributed by atoms with E-state index in [0.29, 0.717) is 41.5 Å². The molecule has 1 N–H and O–H groups in total. The minimum absolute atomic E-state index is 0.303. The Hall–Kier alpha value is -5.24. The third kappa shape index (κ3) is 7.00. The van der Waals surface area contributed by atoms with Gasteiger partial charge in [0.2, 0.25) is 0 Å². The molecule has 0 aliphatic heterocycles. The molecule has 2 aromatic carbocycles. The Morgan fingerprint density at radius 3 is 1.61 bits per heavy atom. The number of benzene rings is 2. The minimum atomic E-state index is -0.891. The van der Waals surface area contributed by atoms with Gasteiger partial charge in [0.15, 0.2) is 0 Å². The molecule has 0 saturated heterocycles. The zero-order valence-corrected chi connectivity index (χ0v) is 28.4. The number of ether oxygens (including phenoxy) is 1. The highest BCUT2D eigenvalue weighted by atomic mass is 16.5. The second kappa shape index (κ2) is 13.7. The lowest BCUT2D eigenvalue weighted by Gasteiger charge is -2.10. The predicted molar refractivity (Wildman–Crippen MR) is 192 cm³/mol. The van der Waals surface area contributed by atoms with E-state index in [1.165, 1.54) is 41.8 Å². The third-order valence-corrected chi connectivity index (χ3v) is 9.81. The van der Waals surface area contributed by atoms with Crippen LogP contribution in [-0.2, 0) is 30.7 Å². The van der Waals surface area contributed by atoms with Gasteiger partial charge in [0.1, 0.15) is 0 Å². The number of carboxylic acids is 1. The van der Waals surface area contributed by atoms with E-state index in [1.54, 1.807) is 0 Å². The summed E-state index contributed by atoms with van der Waals surface area (Å²) < 4.78 is 9.40. The van der Waals surface area contributed by atoms with E-state index in [2.05, 4.69) is 93.9 Å². The SMILES string of the molecule is CCn1ccc2cc(Cc3ncc(C4CC4)cc3C(=O)O)ccc21.CCn1ccc2cc(Cc3ncc(C4CC4)cc3C(=O)OC)ccc21. The Morgan fingerprint density at radius 1 is 0.714 bits per heavy atom. The number of carbonyl (C=O) groups is 2. The van der Waals surface area contributed by atoms with E-state index in [1.807, 2.05) is 24.5 Å². The third-order valence-electron chi connectivity index (χ3n) is 9.81. The van der Waals surface area contributed by atoms with E-state index in [9.17, 15) is 14.7 Å². The van der Waals surface area contributed by atoms with Crippen LogP contribution in [0.4, 0.5) is 0 Å². The maximum Gasteiger partial charge on any atom is 0.339 e. The van der Waals surface area contributed by atoms with Gasteiger partial charge in [-0.1, -0.05) is 12.1 Å². The van der Waals surface area contributed by atoms with Crippen molar-refractivity contribution in [3.63, 3.8) is 0 Å². The summed E-state index contributed by atoms with van der Waals surface area (Å²) >= 11 is 0. The molecular formula is C41H42N4O4. The van der Waals surface area contributed by atoms with Gasteiger partial charge in [0.05, 0.1) is 29.6 Å². The number of carbonyl (C=O) groups excluding carboxylic acids is 1. The molecule has 8 heteroatoms. The number of aromatic nitrogens is 4. The van der Waals surface area contributed by atoms with Crippen molar-refractivity contribution < 1.29 is 19.4 Å². The topological polar surface area (TPSA) is 99.2 Å². The number of fused-ring (bicyclic) bond motifs is 2. The average Bonchev–Trinajstić information content (AvgIpc) is 4.06. The number of aryl methyl sites for hydroxylation is 2. The molecule has 0 spiro atoms. The normalized spacial score (nSPS) is 14.1. The Kier molecular flexibility index (Phi) is 9.04. The van der Waals surface area contributed by atoms with Gasteiger partial charge in [0.25, 0.3) is 0 Å². The van der Waals surface area contributed by atoms with Crippen molar-refractivity contribution in [2.45, 2.75) is 77.3 Å². The molecule has 2 saturated carbocycles. The van der Waals surface area contributed by atoms with E-state index < -0.39 is 5.97 Å². The number of aromatic carboxylic acids is 1. The first-order chi connectivity index (χ1) is 23.8. The van der Waals surface area contributed by atoms with Crippen LogP contribution in [0.5, 0.6) is 0 Å². The zero-order valence-electron chi connectivity index (χ0n) is 28.4. The molecular weight excluding hydrogens is 612 g/mol. The molecule has 8 nitrogen and oxygen atoms in total. The smallest absolute Gasteiger partial charge is 0.339 e. The first kappa shape index (κ1) is 32.3. The standard InChI is InChI=1S/C21H22N2O2.C20H20N2O2/c1-3-23-9-8-16-10-14(4-7-20(16)23)11-19-18(21(24)25-2)12-17(13-22-19)15-5-6-15;1-2-22-8-7-15-9-13(3-6-19(15)22)10-18-17(20(23)24)11-16(12-21-18)14-4-5-14/h4,7-10,12-13,15H,3,5-6,11H2,1-2H3;3,6-9,11-12,14H,2,4-5,10H2,1H3,(H,23,24). The van der Waals surface area contributed by atoms with Gasteiger partial charge in [-0.2, -0.15) is 0 Å². The van der Waals surface area contributed by atoms with Crippen LogP contribution >= 0.6 is 0 Å². The lowest BCUT2D eigenvalue weighted by molar-refractivity contribution is 0.0598. The van der Waals surface area contributed by atoms with Crippen molar-refractivity contribution in [1.29, 1.82) is 0 Å². The highest BCUT2D eigenvalue weighted by Gasteiger charge is 2.27. The van der Waals surface area contributed by atoms with Crippen LogP contribution in [0, 0.1) is 0 Å². The maximum absolute atomic E-state index is 12.2. The predicted octanol–water partition coefficient (Wildman–Crippen LogP) is 8.53. The quantitative estimate of drug-likeness (QED) is 0.149. The number of rotatable bonds is 10. The molecule has 8 rings (SSSR count). The van der Waals surface area contributed by atoms with Crippen LogP contribution < -0.4 is 0 Å². The number of methoxy groups -OCH3 is 1. The summed E-state index contributed by atoms with van der Waals surface area (Å²) in [7, 11) is 1.43. The molecule has 0 amide bonds. The summed E-state index contributed by atoms with van der Waals surface area (Å²) in [5, 5.41) is 11.9. The molecule has 49 heavy (non-hydrogen) atoms. The van der Waals surface area contributed by atoms with Crippen LogP contribution in [0.3, 0.4) is 0 Å². The first-order valence-electron chi connectivity index (χ1n) is 17.3. The van der Waals surface area contributed by atoms with Crippen molar-refractivity contribution in [2.24, 2.45) is 0 Å². The molecule has 6 aromatic rings.